The van der Waals surface area contributed by atoms with Gasteiger partial charge in [0.15, 0.2) is 0 Å². The Morgan fingerprint density at radius 1 is 1.27 bits per heavy atom. The first-order valence-electron chi connectivity index (χ1n) is 4.52. The van der Waals surface area contributed by atoms with Crippen LogP contribution in [-0.2, 0) is 10.0 Å². The number of hydrogen-bond acceptors (Lipinski definition) is 3. The van der Waals surface area contributed by atoms with Crippen LogP contribution < -0.4 is 5.32 Å². The monoisotopic (exact) mass is 246 g/mol. The largest absolute Gasteiger partial charge is 0.511 e. The predicted molar refractivity (Wildman–Crippen MR) is 48.6 cm³/mol. The number of halogens is 3. The molecule has 0 spiro atoms. The molecule has 0 saturated carbocycles. The number of hydrogen-bond donors (Lipinski definition) is 1. The fourth-order valence-electron chi connectivity index (χ4n) is 1.53. The first-order valence-corrected chi connectivity index (χ1v) is 5.96. The van der Waals surface area contributed by atoms with Crippen LogP contribution in [0.2, 0.25) is 0 Å². The van der Waals surface area contributed by atoms with Crippen molar-refractivity contribution in [3.63, 3.8) is 0 Å². The smallest absolute Gasteiger partial charge is 0.317 e. The highest BCUT2D eigenvalue weighted by molar-refractivity contribution is 7.90. The van der Waals surface area contributed by atoms with Gasteiger partial charge in [0.25, 0.3) is 0 Å². The molecule has 0 amide bonds. The third kappa shape index (κ3) is 2.61. The van der Waals surface area contributed by atoms with Crippen LogP contribution in [0.25, 0.3) is 0 Å². The van der Waals surface area contributed by atoms with Crippen LogP contribution in [0.15, 0.2) is 0 Å². The van der Waals surface area contributed by atoms with Crippen molar-refractivity contribution >= 4 is 10.0 Å². The molecule has 0 aromatic heterocycles. The van der Waals surface area contributed by atoms with E-state index in [-0.39, 0.29) is 19.1 Å². The van der Waals surface area contributed by atoms with E-state index in [0.29, 0.717) is 17.1 Å². The summed E-state index contributed by atoms with van der Waals surface area (Å²) < 4.78 is 58.9. The van der Waals surface area contributed by atoms with Crippen molar-refractivity contribution in [2.75, 3.05) is 20.1 Å². The van der Waals surface area contributed by atoms with Gasteiger partial charge in [-0.25, -0.2) is 8.42 Å². The van der Waals surface area contributed by atoms with E-state index in [9.17, 15) is 21.6 Å². The molecule has 8 heteroatoms. The van der Waals surface area contributed by atoms with Crippen molar-refractivity contribution in [2.45, 2.75) is 24.4 Å². The van der Waals surface area contributed by atoms with E-state index in [0.717, 1.165) is 0 Å². The van der Waals surface area contributed by atoms with Crippen LogP contribution in [-0.4, -0.2) is 44.4 Å². The van der Waals surface area contributed by atoms with Gasteiger partial charge in [0, 0.05) is 19.1 Å². The molecule has 1 fully saturated rings. The zero-order valence-corrected chi connectivity index (χ0v) is 9.03. The maximum atomic E-state index is 12.2. The molecular weight excluding hydrogens is 233 g/mol. The highest BCUT2D eigenvalue weighted by Crippen LogP contribution is 2.28. The minimum atomic E-state index is -5.18. The Morgan fingerprint density at radius 2 is 1.73 bits per heavy atom. The van der Waals surface area contributed by atoms with Gasteiger partial charge in [-0.15, -0.1) is 0 Å². The maximum Gasteiger partial charge on any atom is 0.511 e. The van der Waals surface area contributed by atoms with Gasteiger partial charge in [-0.1, -0.05) is 0 Å². The molecule has 1 aliphatic rings. The third-order valence-electron chi connectivity index (χ3n) is 2.49. The number of rotatable bonds is 2. The van der Waals surface area contributed by atoms with Gasteiger partial charge in [-0.2, -0.15) is 17.5 Å². The van der Waals surface area contributed by atoms with E-state index in [4.69, 9.17) is 0 Å². The number of sulfonamides is 1. The van der Waals surface area contributed by atoms with Gasteiger partial charge in [-0.3, -0.25) is 0 Å². The minimum absolute atomic E-state index is 0.0760. The second-order valence-corrected chi connectivity index (χ2v) is 5.34. The molecule has 0 aromatic carbocycles. The van der Waals surface area contributed by atoms with Gasteiger partial charge >= 0.3 is 15.5 Å². The topological polar surface area (TPSA) is 49.4 Å². The number of nitrogens with zero attached hydrogens (tertiary/aromatic N) is 1. The molecule has 0 aromatic rings. The zero-order valence-electron chi connectivity index (χ0n) is 8.21. The van der Waals surface area contributed by atoms with E-state index < -0.39 is 15.5 Å². The van der Waals surface area contributed by atoms with Crippen LogP contribution in [0.5, 0.6) is 0 Å². The number of nitrogens with one attached hydrogen (secondary N) is 1. The van der Waals surface area contributed by atoms with E-state index in [1.54, 1.807) is 7.05 Å². The Morgan fingerprint density at radius 3 is 2.07 bits per heavy atom. The second-order valence-electron chi connectivity index (χ2n) is 3.41. The van der Waals surface area contributed by atoms with Crippen LogP contribution in [0, 0.1) is 0 Å². The molecule has 1 aliphatic heterocycles. The van der Waals surface area contributed by atoms with Crippen LogP contribution >= 0.6 is 0 Å². The van der Waals surface area contributed by atoms with Crippen molar-refractivity contribution in [3.05, 3.63) is 0 Å². The van der Waals surface area contributed by atoms with Crippen molar-refractivity contribution in [3.8, 4) is 0 Å². The molecular formula is C7H13F3N2O2S. The van der Waals surface area contributed by atoms with Gasteiger partial charge in [0.2, 0.25) is 0 Å². The van der Waals surface area contributed by atoms with Crippen LogP contribution in [0.4, 0.5) is 13.2 Å². The van der Waals surface area contributed by atoms with Gasteiger partial charge in [-0.05, 0) is 19.9 Å². The summed E-state index contributed by atoms with van der Waals surface area (Å²) in [4.78, 5) is 0. The Hall–Kier alpha value is -0.340. The summed E-state index contributed by atoms with van der Waals surface area (Å²) in [5.74, 6) is 0. The maximum absolute atomic E-state index is 12.2. The Kier molecular flexibility index (Phi) is 3.62. The molecule has 1 rings (SSSR count). The summed E-state index contributed by atoms with van der Waals surface area (Å²) >= 11 is 0. The molecule has 0 atom stereocenters. The van der Waals surface area contributed by atoms with Crippen LogP contribution in [0.3, 0.4) is 0 Å². The normalized spacial score (nSPS) is 21.9. The summed E-state index contributed by atoms with van der Waals surface area (Å²) in [6.45, 7) is -0.152. The fraction of sp³-hybridized carbons (Fsp3) is 1.00. The Balaban J connectivity index is 2.69. The Labute approximate surface area is 86.5 Å². The van der Waals surface area contributed by atoms with Crippen molar-refractivity contribution < 1.29 is 21.6 Å². The highest BCUT2D eigenvalue weighted by atomic mass is 32.2. The zero-order chi connectivity index (χ0) is 11.7. The van der Waals surface area contributed by atoms with Crippen molar-refractivity contribution in [2.24, 2.45) is 0 Å². The van der Waals surface area contributed by atoms with E-state index >= 15 is 0 Å². The quantitative estimate of drug-likeness (QED) is 0.772. The lowest BCUT2D eigenvalue weighted by Crippen LogP contribution is -2.48. The van der Waals surface area contributed by atoms with Crippen molar-refractivity contribution in [1.29, 1.82) is 0 Å². The first kappa shape index (κ1) is 12.7. The predicted octanol–water partition coefficient (Wildman–Crippen LogP) is 0.520. The lowest BCUT2D eigenvalue weighted by Gasteiger charge is -2.31. The average molecular weight is 246 g/mol. The van der Waals surface area contributed by atoms with Gasteiger partial charge < -0.3 is 5.32 Å². The number of alkyl halides is 3. The summed E-state index contributed by atoms with van der Waals surface area (Å²) in [6, 6.07) is 0.102. The standard InChI is InChI=1S/C7H13F3N2O2S/c1-11-6-2-4-12(5-3-6)15(13,14)7(8,9)10/h6,11H,2-5H2,1H3. The van der Waals surface area contributed by atoms with E-state index in [2.05, 4.69) is 5.32 Å². The number of piperidine rings is 1. The molecule has 0 aliphatic carbocycles. The first-order chi connectivity index (χ1) is 6.79. The Bertz CT molecular complexity index is 307. The molecule has 1 N–H and O–H groups in total. The molecule has 4 nitrogen and oxygen atoms in total. The summed E-state index contributed by atoms with van der Waals surface area (Å²) in [7, 11) is -3.42. The highest BCUT2D eigenvalue weighted by Gasteiger charge is 2.50. The summed E-state index contributed by atoms with van der Waals surface area (Å²) in [5.41, 5.74) is -5.18. The molecule has 1 saturated heterocycles. The molecule has 1 heterocycles. The van der Waals surface area contributed by atoms with Gasteiger partial charge in [0.05, 0.1) is 0 Å². The molecule has 15 heavy (non-hydrogen) atoms. The molecule has 0 radical (unpaired) electrons. The van der Waals surface area contributed by atoms with E-state index in [1.807, 2.05) is 0 Å². The molecule has 0 unspecified atom stereocenters. The van der Waals surface area contributed by atoms with E-state index in [1.165, 1.54) is 0 Å². The SMILES string of the molecule is CNC1CCN(S(=O)(=O)C(F)(F)F)CC1. The lowest BCUT2D eigenvalue weighted by molar-refractivity contribution is -0.0495. The second kappa shape index (κ2) is 4.26. The summed E-state index contributed by atoms with van der Waals surface area (Å²) in [5, 5.41) is 2.91. The van der Waals surface area contributed by atoms with Gasteiger partial charge in [0.1, 0.15) is 0 Å². The average Bonchev–Trinajstić information content (AvgIpc) is 2.16. The minimum Gasteiger partial charge on any atom is -0.317 e. The summed E-state index contributed by atoms with van der Waals surface area (Å²) in [6.07, 6.45) is 0.817. The third-order valence-corrected chi connectivity index (χ3v) is 4.12. The fourth-order valence-corrected chi connectivity index (χ4v) is 2.52. The van der Waals surface area contributed by atoms with Crippen molar-refractivity contribution in [1.82, 2.24) is 9.62 Å². The molecule has 0 bridgehead atoms. The van der Waals surface area contributed by atoms with Crippen LogP contribution in [0.1, 0.15) is 12.8 Å². The molecule has 90 valence electrons. The lowest BCUT2D eigenvalue weighted by atomic mass is 10.1.